The summed E-state index contributed by atoms with van der Waals surface area (Å²) in [5, 5.41) is 10.4. The van der Waals surface area contributed by atoms with Crippen LogP contribution in [0, 0.1) is 5.82 Å². The van der Waals surface area contributed by atoms with Gasteiger partial charge in [0.05, 0.1) is 5.69 Å². The number of rotatable bonds is 3. The van der Waals surface area contributed by atoms with Crippen LogP contribution in [0.25, 0.3) is 11.3 Å². The van der Waals surface area contributed by atoms with Crippen molar-refractivity contribution in [3.8, 4) is 11.3 Å². The van der Waals surface area contributed by atoms with Crippen molar-refractivity contribution in [2.75, 3.05) is 18.4 Å². The molecule has 2 aromatic heterocycles. The lowest BCUT2D eigenvalue weighted by Gasteiger charge is -2.31. The molecular formula is C20H19FN6O. The van der Waals surface area contributed by atoms with Gasteiger partial charge in [-0.15, -0.1) is 5.10 Å². The highest BCUT2D eigenvalue weighted by molar-refractivity contribution is 5.88. The number of benzene rings is 1. The average Bonchev–Trinajstić information content (AvgIpc) is 2.75. The minimum Gasteiger partial charge on any atom is -0.324 e. The zero-order valence-electron chi connectivity index (χ0n) is 15.1. The largest absolute Gasteiger partial charge is 0.324 e. The van der Waals surface area contributed by atoms with Crippen LogP contribution in [-0.2, 0) is 0 Å². The van der Waals surface area contributed by atoms with Gasteiger partial charge in [0, 0.05) is 37.0 Å². The standard InChI is InChI=1S/C20H19FN6O/c21-16-5-3-14(4-6-16)17-7-11-22-19(24-17)15-8-12-27(13-9-15)20(28)25-18-2-1-10-23-26-18/h1-7,10-11,15H,8-9,12-13H2,(H,25,26,28). The Morgan fingerprint density at radius 3 is 2.57 bits per heavy atom. The number of hydrogen-bond donors (Lipinski definition) is 1. The SMILES string of the molecule is O=C(Nc1cccnn1)N1CCC(c2nccc(-c3ccc(F)cc3)n2)CC1. The number of urea groups is 1. The van der Waals surface area contributed by atoms with Gasteiger partial charge >= 0.3 is 6.03 Å². The summed E-state index contributed by atoms with van der Waals surface area (Å²) >= 11 is 0. The summed E-state index contributed by atoms with van der Waals surface area (Å²) in [7, 11) is 0. The molecule has 1 N–H and O–H groups in total. The highest BCUT2D eigenvalue weighted by atomic mass is 19.1. The van der Waals surface area contributed by atoms with Crippen molar-refractivity contribution in [2.24, 2.45) is 0 Å². The molecule has 0 radical (unpaired) electrons. The quantitative estimate of drug-likeness (QED) is 0.754. The fourth-order valence-corrected chi connectivity index (χ4v) is 3.25. The minimum absolute atomic E-state index is 0.181. The van der Waals surface area contributed by atoms with Crippen LogP contribution in [0.4, 0.5) is 15.0 Å². The molecule has 1 saturated heterocycles. The van der Waals surface area contributed by atoms with E-state index in [1.54, 1.807) is 41.6 Å². The first-order valence-corrected chi connectivity index (χ1v) is 9.11. The third-order valence-electron chi connectivity index (χ3n) is 4.77. The van der Waals surface area contributed by atoms with Gasteiger partial charge in [-0.1, -0.05) is 0 Å². The molecule has 0 unspecified atom stereocenters. The lowest BCUT2D eigenvalue weighted by molar-refractivity contribution is 0.193. The number of halogens is 1. The second kappa shape index (κ2) is 8.08. The molecule has 142 valence electrons. The smallest absolute Gasteiger partial charge is 0.323 e. The number of nitrogens with zero attached hydrogens (tertiary/aromatic N) is 5. The first-order chi connectivity index (χ1) is 13.7. The van der Waals surface area contributed by atoms with Crippen LogP contribution >= 0.6 is 0 Å². The van der Waals surface area contributed by atoms with Gasteiger partial charge in [0.25, 0.3) is 0 Å². The molecule has 0 spiro atoms. The van der Waals surface area contributed by atoms with E-state index < -0.39 is 0 Å². The van der Waals surface area contributed by atoms with Crippen LogP contribution in [0.1, 0.15) is 24.6 Å². The molecule has 8 heteroatoms. The maximum atomic E-state index is 13.1. The Morgan fingerprint density at radius 1 is 1.07 bits per heavy atom. The highest BCUT2D eigenvalue weighted by Gasteiger charge is 2.26. The monoisotopic (exact) mass is 378 g/mol. The molecule has 0 aliphatic carbocycles. The van der Waals surface area contributed by atoms with Crippen LogP contribution < -0.4 is 5.32 Å². The number of hydrogen-bond acceptors (Lipinski definition) is 5. The molecular weight excluding hydrogens is 359 g/mol. The molecule has 0 bridgehead atoms. The van der Waals surface area contributed by atoms with E-state index in [4.69, 9.17) is 0 Å². The second-order valence-electron chi connectivity index (χ2n) is 6.61. The van der Waals surface area contributed by atoms with Crippen LogP contribution in [0.5, 0.6) is 0 Å². The zero-order valence-corrected chi connectivity index (χ0v) is 15.1. The predicted octanol–water partition coefficient (Wildman–Crippen LogP) is 3.48. The van der Waals surface area contributed by atoms with E-state index in [2.05, 4.69) is 25.5 Å². The summed E-state index contributed by atoms with van der Waals surface area (Å²) in [6.07, 6.45) is 4.84. The number of piperidine rings is 1. The van der Waals surface area contributed by atoms with Crippen molar-refractivity contribution in [1.29, 1.82) is 0 Å². The van der Waals surface area contributed by atoms with Gasteiger partial charge in [-0.25, -0.2) is 19.2 Å². The molecule has 0 saturated carbocycles. The van der Waals surface area contributed by atoms with Crippen molar-refractivity contribution in [3.63, 3.8) is 0 Å². The Bertz CT molecular complexity index is 942. The van der Waals surface area contributed by atoms with E-state index in [-0.39, 0.29) is 17.8 Å². The number of likely N-dealkylation sites (tertiary alicyclic amines) is 1. The molecule has 4 rings (SSSR count). The van der Waals surface area contributed by atoms with E-state index in [1.807, 2.05) is 6.07 Å². The molecule has 1 fully saturated rings. The molecule has 3 heterocycles. The molecule has 3 aromatic rings. The van der Waals surface area contributed by atoms with Crippen LogP contribution in [-0.4, -0.2) is 44.2 Å². The van der Waals surface area contributed by atoms with Crippen molar-refractivity contribution < 1.29 is 9.18 Å². The van der Waals surface area contributed by atoms with Crippen molar-refractivity contribution in [2.45, 2.75) is 18.8 Å². The number of nitrogens with one attached hydrogen (secondary N) is 1. The third-order valence-corrected chi connectivity index (χ3v) is 4.77. The Kier molecular flexibility index (Phi) is 5.18. The molecule has 28 heavy (non-hydrogen) atoms. The molecule has 2 amide bonds. The van der Waals surface area contributed by atoms with Gasteiger partial charge in [0.15, 0.2) is 5.82 Å². The van der Waals surface area contributed by atoms with Crippen molar-refractivity contribution >= 4 is 11.8 Å². The number of anilines is 1. The van der Waals surface area contributed by atoms with Gasteiger partial charge in [0.1, 0.15) is 11.6 Å². The lowest BCUT2D eigenvalue weighted by atomic mass is 9.96. The summed E-state index contributed by atoms with van der Waals surface area (Å²) < 4.78 is 13.1. The summed E-state index contributed by atoms with van der Waals surface area (Å²) in [6, 6.07) is 11.3. The Morgan fingerprint density at radius 2 is 1.86 bits per heavy atom. The summed E-state index contributed by atoms with van der Waals surface area (Å²) in [4.78, 5) is 23.2. The highest BCUT2D eigenvalue weighted by Crippen LogP contribution is 2.27. The van der Waals surface area contributed by atoms with Gasteiger partial charge in [-0.05, 0) is 55.3 Å². The maximum absolute atomic E-state index is 13.1. The number of carbonyl (C=O) groups excluding carboxylic acids is 1. The van der Waals surface area contributed by atoms with E-state index in [0.29, 0.717) is 18.9 Å². The number of amides is 2. The van der Waals surface area contributed by atoms with E-state index in [9.17, 15) is 9.18 Å². The second-order valence-corrected chi connectivity index (χ2v) is 6.61. The van der Waals surface area contributed by atoms with Gasteiger partial charge in [-0.3, -0.25) is 5.32 Å². The maximum Gasteiger partial charge on any atom is 0.323 e. The van der Waals surface area contributed by atoms with E-state index >= 15 is 0 Å². The Labute approximate surface area is 161 Å². The molecule has 1 aliphatic heterocycles. The van der Waals surface area contributed by atoms with Crippen LogP contribution in [0.15, 0.2) is 54.9 Å². The molecule has 1 aromatic carbocycles. The predicted molar refractivity (Wildman–Crippen MR) is 102 cm³/mol. The zero-order chi connectivity index (χ0) is 19.3. The number of carbonyl (C=O) groups is 1. The summed E-state index contributed by atoms with van der Waals surface area (Å²) in [5.41, 5.74) is 1.62. The van der Waals surface area contributed by atoms with E-state index in [0.717, 1.165) is 29.9 Å². The first kappa shape index (κ1) is 18.0. The number of aromatic nitrogens is 4. The fraction of sp³-hybridized carbons (Fsp3) is 0.250. The van der Waals surface area contributed by atoms with Crippen LogP contribution in [0.2, 0.25) is 0 Å². The Balaban J connectivity index is 1.39. The molecule has 7 nitrogen and oxygen atoms in total. The normalized spacial score (nSPS) is 14.7. The van der Waals surface area contributed by atoms with Crippen molar-refractivity contribution in [3.05, 3.63) is 66.5 Å². The lowest BCUT2D eigenvalue weighted by Crippen LogP contribution is -2.41. The van der Waals surface area contributed by atoms with Crippen molar-refractivity contribution in [1.82, 2.24) is 25.1 Å². The molecule has 1 aliphatic rings. The summed E-state index contributed by atoms with van der Waals surface area (Å²) in [5.74, 6) is 1.10. The first-order valence-electron chi connectivity index (χ1n) is 9.11. The van der Waals surface area contributed by atoms with E-state index in [1.165, 1.54) is 12.1 Å². The Hall–Kier alpha value is -3.42. The third kappa shape index (κ3) is 4.11. The van der Waals surface area contributed by atoms with Gasteiger partial charge < -0.3 is 4.90 Å². The van der Waals surface area contributed by atoms with Crippen LogP contribution in [0.3, 0.4) is 0 Å². The topological polar surface area (TPSA) is 83.9 Å². The van der Waals surface area contributed by atoms with Gasteiger partial charge in [-0.2, -0.15) is 5.10 Å². The summed E-state index contributed by atoms with van der Waals surface area (Å²) in [6.45, 7) is 1.22. The fourth-order valence-electron chi connectivity index (χ4n) is 3.25. The van der Waals surface area contributed by atoms with Gasteiger partial charge in [0.2, 0.25) is 0 Å². The average molecular weight is 378 g/mol. The minimum atomic E-state index is -0.273. The molecule has 0 atom stereocenters.